The molecule has 1 saturated heterocycles. The molecule has 158 valence electrons. The predicted molar refractivity (Wildman–Crippen MR) is 98.3 cm³/mol. The molecule has 0 unspecified atom stereocenters. The van der Waals surface area contributed by atoms with Gasteiger partial charge in [0.1, 0.15) is 5.56 Å². The first kappa shape index (κ1) is 21.5. The number of nitrogens with zero attached hydrogens (tertiary/aromatic N) is 4. The number of aromatic nitrogens is 2. The molecular weight excluding hydrogens is 433 g/mol. The second-order valence-electron chi connectivity index (χ2n) is 6.13. The molecule has 1 fully saturated rings. The zero-order valence-electron chi connectivity index (χ0n) is 15.2. The lowest BCUT2D eigenvalue weighted by Gasteiger charge is -2.22. The Morgan fingerprint density at radius 1 is 1.24 bits per heavy atom. The van der Waals surface area contributed by atoms with Gasteiger partial charge in [0, 0.05) is 37.8 Å². The highest BCUT2D eigenvalue weighted by atomic mass is 32.2. The summed E-state index contributed by atoms with van der Waals surface area (Å²) in [5.74, 6) is -1.41. The Morgan fingerprint density at radius 2 is 2.00 bits per heavy atom. The van der Waals surface area contributed by atoms with Gasteiger partial charge in [0.2, 0.25) is 16.0 Å². The van der Waals surface area contributed by atoms with Gasteiger partial charge in [-0.3, -0.25) is 0 Å². The predicted octanol–water partition coefficient (Wildman–Crippen LogP) is 2.24. The van der Waals surface area contributed by atoms with Crippen LogP contribution in [0.1, 0.15) is 22.5 Å². The van der Waals surface area contributed by atoms with Crippen LogP contribution in [-0.4, -0.2) is 61.9 Å². The van der Waals surface area contributed by atoms with Crippen molar-refractivity contribution in [2.75, 3.05) is 38.2 Å². The summed E-state index contributed by atoms with van der Waals surface area (Å²) < 4.78 is 71.0. The van der Waals surface area contributed by atoms with Gasteiger partial charge in [0.15, 0.2) is 5.69 Å². The van der Waals surface area contributed by atoms with Crippen molar-refractivity contribution in [2.24, 2.45) is 0 Å². The number of thiophene rings is 1. The molecule has 0 radical (unpaired) electrons. The summed E-state index contributed by atoms with van der Waals surface area (Å²) in [5.41, 5.74) is -2.17. The number of sulfonamides is 1. The highest BCUT2D eigenvalue weighted by Crippen LogP contribution is 2.32. The molecule has 0 aromatic carbocycles. The fourth-order valence-corrected chi connectivity index (χ4v) is 5.37. The van der Waals surface area contributed by atoms with Gasteiger partial charge in [0.05, 0.1) is 12.0 Å². The highest BCUT2D eigenvalue weighted by molar-refractivity contribution is 7.89. The van der Waals surface area contributed by atoms with E-state index in [1.54, 1.807) is 5.38 Å². The lowest BCUT2D eigenvalue weighted by molar-refractivity contribution is -0.141. The van der Waals surface area contributed by atoms with Crippen molar-refractivity contribution in [3.8, 4) is 0 Å². The third-order valence-corrected chi connectivity index (χ3v) is 7.05. The summed E-state index contributed by atoms with van der Waals surface area (Å²) in [6.45, 7) is 0.672. The van der Waals surface area contributed by atoms with Crippen molar-refractivity contribution >= 4 is 33.3 Å². The van der Waals surface area contributed by atoms with Crippen molar-refractivity contribution in [1.29, 1.82) is 0 Å². The van der Waals surface area contributed by atoms with Crippen molar-refractivity contribution in [1.82, 2.24) is 14.3 Å². The molecule has 0 atom stereocenters. The van der Waals surface area contributed by atoms with Gasteiger partial charge in [-0.25, -0.2) is 23.2 Å². The van der Waals surface area contributed by atoms with Crippen LogP contribution in [0.2, 0.25) is 0 Å². The molecule has 3 heterocycles. The summed E-state index contributed by atoms with van der Waals surface area (Å²) in [6.07, 6.45) is -3.71. The molecule has 3 rings (SSSR count). The topological polar surface area (TPSA) is 92.7 Å². The normalized spacial score (nSPS) is 16.5. The Labute approximate surface area is 169 Å². The number of anilines is 1. The molecular formula is C16H17F3N4O4S2. The first-order valence-corrected chi connectivity index (χ1v) is 10.8. The zero-order chi connectivity index (χ0) is 21.2. The van der Waals surface area contributed by atoms with Crippen molar-refractivity contribution in [2.45, 2.75) is 17.5 Å². The maximum Gasteiger partial charge on any atom is 0.434 e. The molecule has 0 spiro atoms. The minimum Gasteiger partial charge on any atom is -0.465 e. The summed E-state index contributed by atoms with van der Waals surface area (Å²) in [7, 11) is -2.70. The average Bonchev–Trinajstić information content (AvgIpc) is 3.11. The number of halogens is 3. The monoisotopic (exact) mass is 450 g/mol. The average molecular weight is 450 g/mol. The molecule has 0 aliphatic carbocycles. The van der Waals surface area contributed by atoms with Crippen LogP contribution in [0.4, 0.5) is 19.1 Å². The van der Waals surface area contributed by atoms with Crippen LogP contribution in [0.5, 0.6) is 0 Å². The van der Waals surface area contributed by atoms with E-state index < -0.39 is 33.4 Å². The van der Waals surface area contributed by atoms with E-state index in [9.17, 15) is 26.4 Å². The molecule has 0 saturated carbocycles. The summed E-state index contributed by atoms with van der Waals surface area (Å²) in [4.78, 5) is 20.7. The Hall–Kier alpha value is -2.25. The van der Waals surface area contributed by atoms with E-state index in [0.29, 0.717) is 6.42 Å². The van der Waals surface area contributed by atoms with Gasteiger partial charge in [0.25, 0.3) is 0 Å². The third-order valence-electron chi connectivity index (χ3n) is 4.32. The van der Waals surface area contributed by atoms with Gasteiger partial charge < -0.3 is 9.64 Å². The van der Waals surface area contributed by atoms with Crippen molar-refractivity contribution < 1.29 is 31.1 Å². The smallest absolute Gasteiger partial charge is 0.434 e. The van der Waals surface area contributed by atoms with Crippen molar-refractivity contribution in [3.05, 3.63) is 34.3 Å². The van der Waals surface area contributed by atoms with Crippen LogP contribution in [0, 0.1) is 0 Å². The van der Waals surface area contributed by atoms with E-state index in [4.69, 9.17) is 0 Å². The number of hydrogen-bond donors (Lipinski definition) is 0. The molecule has 2 aromatic heterocycles. The van der Waals surface area contributed by atoms with Gasteiger partial charge in [-0.2, -0.15) is 28.8 Å². The number of carbonyl (C=O) groups excluding carboxylic acids is 1. The fraction of sp³-hybridized carbons (Fsp3) is 0.438. The van der Waals surface area contributed by atoms with E-state index in [0.717, 1.165) is 13.3 Å². The minimum atomic E-state index is -4.87. The maximum absolute atomic E-state index is 13.3. The number of ether oxygens (including phenoxy) is 1. The molecule has 0 N–H and O–H groups in total. The second-order valence-corrected chi connectivity index (χ2v) is 8.84. The maximum atomic E-state index is 13.3. The molecule has 0 bridgehead atoms. The van der Waals surface area contributed by atoms with E-state index in [1.807, 2.05) is 0 Å². The van der Waals surface area contributed by atoms with Crippen LogP contribution in [0.25, 0.3) is 0 Å². The molecule has 1 aliphatic rings. The first-order valence-electron chi connectivity index (χ1n) is 8.44. The zero-order valence-corrected chi connectivity index (χ0v) is 16.9. The largest absolute Gasteiger partial charge is 0.465 e. The standard InChI is InChI=1S/C16H17F3N4O4S2/c1-27-14(24)12-9-20-15(21-13(12)16(17,18)19)22-4-2-5-23(7-6-22)29(25,26)11-3-8-28-10-11/h3,8-10H,2,4-7H2,1H3. The number of alkyl halides is 3. The lowest BCUT2D eigenvalue weighted by atomic mass is 10.2. The molecule has 2 aromatic rings. The van der Waals surface area contributed by atoms with E-state index in [1.165, 1.54) is 32.0 Å². The van der Waals surface area contributed by atoms with Crippen LogP contribution in [0.3, 0.4) is 0 Å². The SMILES string of the molecule is COC(=O)c1cnc(N2CCCN(S(=O)(=O)c3ccsc3)CC2)nc1C(F)(F)F. The van der Waals surface area contributed by atoms with Crippen LogP contribution < -0.4 is 4.90 Å². The first-order chi connectivity index (χ1) is 13.6. The summed E-state index contributed by atoms with van der Waals surface area (Å²) in [5, 5.41) is 3.19. The Bertz CT molecular complexity index is 981. The number of rotatable bonds is 4. The number of carbonyl (C=O) groups is 1. The van der Waals surface area contributed by atoms with Gasteiger partial charge in [-0.15, -0.1) is 0 Å². The highest BCUT2D eigenvalue weighted by Gasteiger charge is 2.39. The summed E-state index contributed by atoms with van der Waals surface area (Å²) in [6, 6.07) is 1.51. The Morgan fingerprint density at radius 3 is 2.62 bits per heavy atom. The molecule has 13 heteroatoms. The molecule has 1 aliphatic heterocycles. The van der Waals surface area contributed by atoms with Gasteiger partial charge >= 0.3 is 12.1 Å². The Kier molecular flexibility index (Phi) is 6.10. The van der Waals surface area contributed by atoms with Gasteiger partial charge in [-0.1, -0.05) is 0 Å². The van der Waals surface area contributed by atoms with Gasteiger partial charge in [-0.05, 0) is 17.9 Å². The number of hydrogen-bond acceptors (Lipinski definition) is 8. The van der Waals surface area contributed by atoms with Crippen LogP contribution >= 0.6 is 11.3 Å². The van der Waals surface area contributed by atoms with Crippen LogP contribution in [0.15, 0.2) is 27.9 Å². The molecule has 8 nitrogen and oxygen atoms in total. The Balaban J connectivity index is 1.84. The summed E-state index contributed by atoms with van der Waals surface area (Å²) >= 11 is 1.26. The van der Waals surface area contributed by atoms with Crippen molar-refractivity contribution in [3.63, 3.8) is 0 Å². The van der Waals surface area contributed by atoms with E-state index in [2.05, 4.69) is 14.7 Å². The number of esters is 1. The minimum absolute atomic E-state index is 0.0711. The third kappa shape index (κ3) is 4.51. The number of methoxy groups -OCH3 is 1. The van der Waals surface area contributed by atoms with Crippen LogP contribution in [-0.2, 0) is 20.9 Å². The molecule has 0 amide bonds. The van der Waals surface area contributed by atoms with E-state index >= 15 is 0 Å². The lowest BCUT2D eigenvalue weighted by Crippen LogP contribution is -2.35. The van der Waals surface area contributed by atoms with E-state index in [-0.39, 0.29) is 37.0 Å². The fourth-order valence-electron chi connectivity index (χ4n) is 2.88. The second kappa shape index (κ2) is 8.24. The quantitative estimate of drug-likeness (QED) is 0.660. The molecule has 29 heavy (non-hydrogen) atoms.